The van der Waals surface area contributed by atoms with Crippen molar-refractivity contribution in [3.8, 4) is 0 Å². The molecule has 0 aromatic heterocycles. The molecular weight excluding hydrogens is 170 g/mol. The number of hydrogen-bond acceptors (Lipinski definition) is 1. The second-order valence-electron chi connectivity index (χ2n) is 6.06. The van der Waals surface area contributed by atoms with Gasteiger partial charge in [-0.25, -0.2) is 0 Å². The lowest BCUT2D eigenvalue weighted by Gasteiger charge is -2.26. The lowest BCUT2D eigenvalue weighted by atomic mass is 9.94. The van der Waals surface area contributed by atoms with E-state index in [0.29, 0.717) is 0 Å². The highest BCUT2D eigenvalue weighted by molar-refractivity contribution is 4.96. The average Bonchev–Trinajstić information content (AvgIpc) is 2.82. The van der Waals surface area contributed by atoms with E-state index in [4.69, 9.17) is 0 Å². The molecule has 0 heterocycles. The molecule has 3 rings (SSSR count). The Hall–Kier alpha value is -0.0400. The third kappa shape index (κ3) is 1.60. The summed E-state index contributed by atoms with van der Waals surface area (Å²) in [5, 5.41) is 3.94. The zero-order valence-electron chi connectivity index (χ0n) is 9.34. The SMILES string of the molecule is CC1CCC(NC2CC3CCC2C3)C1. The van der Waals surface area contributed by atoms with E-state index in [1.165, 1.54) is 38.5 Å². The van der Waals surface area contributed by atoms with Crippen LogP contribution in [0.2, 0.25) is 0 Å². The van der Waals surface area contributed by atoms with Crippen molar-refractivity contribution < 1.29 is 0 Å². The monoisotopic (exact) mass is 193 g/mol. The highest BCUT2D eigenvalue weighted by Gasteiger charge is 2.40. The molecule has 0 spiro atoms. The maximum Gasteiger partial charge on any atom is 0.0101 e. The van der Waals surface area contributed by atoms with Crippen LogP contribution in [0.5, 0.6) is 0 Å². The van der Waals surface area contributed by atoms with E-state index in [1.54, 1.807) is 6.42 Å². The third-order valence-corrected chi connectivity index (χ3v) is 4.88. The summed E-state index contributed by atoms with van der Waals surface area (Å²) in [4.78, 5) is 0. The van der Waals surface area contributed by atoms with E-state index < -0.39 is 0 Å². The molecule has 3 aliphatic carbocycles. The molecule has 5 unspecified atom stereocenters. The van der Waals surface area contributed by atoms with Gasteiger partial charge in [0.2, 0.25) is 0 Å². The summed E-state index contributed by atoms with van der Waals surface area (Å²) in [5.41, 5.74) is 0. The maximum absolute atomic E-state index is 3.94. The Morgan fingerprint density at radius 3 is 2.43 bits per heavy atom. The zero-order chi connectivity index (χ0) is 9.54. The van der Waals surface area contributed by atoms with Crippen molar-refractivity contribution in [2.45, 2.75) is 64.0 Å². The van der Waals surface area contributed by atoms with Crippen LogP contribution < -0.4 is 5.32 Å². The molecule has 0 saturated heterocycles. The van der Waals surface area contributed by atoms with Crippen LogP contribution in [0.1, 0.15) is 51.9 Å². The van der Waals surface area contributed by atoms with Gasteiger partial charge in [-0.3, -0.25) is 0 Å². The van der Waals surface area contributed by atoms with Crippen LogP contribution in [0.4, 0.5) is 0 Å². The van der Waals surface area contributed by atoms with Gasteiger partial charge in [0, 0.05) is 12.1 Å². The van der Waals surface area contributed by atoms with Crippen LogP contribution >= 0.6 is 0 Å². The summed E-state index contributed by atoms with van der Waals surface area (Å²) in [5.74, 6) is 3.12. The molecular formula is C13H23N. The van der Waals surface area contributed by atoms with Crippen LogP contribution in [0.3, 0.4) is 0 Å². The number of rotatable bonds is 2. The molecule has 1 nitrogen and oxygen atoms in total. The molecule has 0 radical (unpaired) electrons. The number of hydrogen-bond donors (Lipinski definition) is 1. The van der Waals surface area contributed by atoms with Crippen LogP contribution in [0.15, 0.2) is 0 Å². The van der Waals surface area contributed by atoms with Gasteiger partial charge >= 0.3 is 0 Å². The van der Waals surface area contributed by atoms with Gasteiger partial charge in [0.15, 0.2) is 0 Å². The van der Waals surface area contributed by atoms with Gasteiger partial charge in [-0.1, -0.05) is 13.3 Å². The summed E-state index contributed by atoms with van der Waals surface area (Å²) >= 11 is 0. The van der Waals surface area contributed by atoms with Crippen molar-refractivity contribution in [2.24, 2.45) is 17.8 Å². The van der Waals surface area contributed by atoms with Crippen LogP contribution in [0, 0.1) is 17.8 Å². The molecule has 1 N–H and O–H groups in total. The van der Waals surface area contributed by atoms with E-state index in [-0.39, 0.29) is 0 Å². The summed E-state index contributed by atoms with van der Waals surface area (Å²) in [6.07, 6.45) is 10.4. The van der Waals surface area contributed by atoms with E-state index in [1.807, 2.05) is 0 Å². The van der Waals surface area contributed by atoms with Crippen molar-refractivity contribution in [3.63, 3.8) is 0 Å². The van der Waals surface area contributed by atoms with Gasteiger partial charge in [0.25, 0.3) is 0 Å². The fourth-order valence-corrected chi connectivity index (χ4v) is 4.11. The maximum atomic E-state index is 3.94. The molecule has 0 aromatic rings. The van der Waals surface area contributed by atoms with Gasteiger partial charge < -0.3 is 5.32 Å². The van der Waals surface area contributed by atoms with E-state index >= 15 is 0 Å². The predicted octanol–water partition coefficient (Wildman–Crippen LogP) is 2.95. The van der Waals surface area contributed by atoms with Crippen LogP contribution in [0.25, 0.3) is 0 Å². The second-order valence-corrected chi connectivity index (χ2v) is 6.06. The molecule has 3 fully saturated rings. The van der Waals surface area contributed by atoms with Gasteiger partial charge in [-0.15, -0.1) is 0 Å². The Bertz CT molecular complexity index is 213. The fraction of sp³-hybridized carbons (Fsp3) is 1.00. The Labute approximate surface area is 87.7 Å². The molecule has 14 heavy (non-hydrogen) atoms. The molecule has 0 amide bonds. The van der Waals surface area contributed by atoms with E-state index in [0.717, 1.165) is 29.8 Å². The first kappa shape index (κ1) is 9.21. The molecule has 3 aliphatic rings. The lowest BCUT2D eigenvalue weighted by Crippen LogP contribution is -2.40. The first-order chi connectivity index (χ1) is 6.81. The Kier molecular flexibility index (Phi) is 2.31. The van der Waals surface area contributed by atoms with Crippen LogP contribution in [-0.2, 0) is 0 Å². The lowest BCUT2D eigenvalue weighted by molar-refractivity contribution is 0.316. The van der Waals surface area contributed by atoms with Crippen molar-refractivity contribution in [1.29, 1.82) is 0 Å². The van der Waals surface area contributed by atoms with Crippen molar-refractivity contribution in [2.75, 3.05) is 0 Å². The predicted molar refractivity (Wildman–Crippen MR) is 59.2 cm³/mol. The van der Waals surface area contributed by atoms with Crippen molar-refractivity contribution in [3.05, 3.63) is 0 Å². The quantitative estimate of drug-likeness (QED) is 0.711. The smallest absolute Gasteiger partial charge is 0.0101 e. The first-order valence-electron chi connectivity index (χ1n) is 6.57. The minimum atomic E-state index is 0.870. The van der Waals surface area contributed by atoms with Crippen molar-refractivity contribution in [1.82, 2.24) is 5.32 Å². The Morgan fingerprint density at radius 1 is 0.929 bits per heavy atom. The highest BCUT2D eigenvalue weighted by Crippen LogP contribution is 2.45. The summed E-state index contributed by atoms with van der Waals surface area (Å²) in [6, 6.07) is 1.78. The largest absolute Gasteiger partial charge is 0.311 e. The zero-order valence-corrected chi connectivity index (χ0v) is 9.34. The van der Waals surface area contributed by atoms with Crippen molar-refractivity contribution >= 4 is 0 Å². The van der Waals surface area contributed by atoms with E-state index in [2.05, 4.69) is 12.2 Å². The summed E-state index contributed by atoms with van der Waals surface area (Å²) in [6.45, 7) is 2.41. The minimum absolute atomic E-state index is 0.870. The number of nitrogens with one attached hydrogen (secondary N) is 1. The molecule has 1 heteroatoms. The molecule has 2 bridgehead atoms. The normalized spacial score (nSPS) is 51.6. The Morgan fingerprint density at radius 2 is 1.86 bits per heavy atom. The average molecular weight is 193 g/mol. The van der Waals surface area contributed by atoms with Gasteiger partial charge in [-0.2, -0.15) is 0 Å². The fourth-order valence-electron chi connectivity index (χ4n) is 4.11. The molecule has 5 atom stereocenters. The summed E-state index contributed by atoms with van der Waals surface area (Å²) < 4.78 is 0. The molecule has 80 valence electrons. The minimum Gasteiger partial charge on any atom is -0.311 e. The number of fused-ring (bicyclic) bond motifs is 2. The van der Waals surface area contributed by atoms with E-state index in [9.17, 15) is 0 Å². The highest BCUT2D eigenvalue weighted by atomic mass is 15.0. The topological polar surface area (TPSA) is 12.0 Å². The Balaban J connectivity index is 1.53. The third-order valence-electron chi connectivity index (χ3n) is 4.88. The molecule has 0 aliphatic heterocycles. The summed E-state index contributed by atoms with van der Waals surface area (Å²) in [7, 11) is 0. The molecule has 0 aromatic carbocycles. The van der Waals surface area contributed by atoms with Gasteiger partial charge in [0.05, 0.1) is 0 Å². The van der Waals surface area contributed by atoms with Gasteiger partial charge in [-0.05, 0) is 56.3 Å². The van der Waals surface area contributed by atoms with Crippen LogP contribution in [-0.4, -0.2) is 12.1 Å². The first-order valence-corrected chi connectivity index (χ1v) is 6.57. The molecule has 3 saturated carbocycles. The standard InChI is InChI=1S/C13H23N/c1-9-2-5-12(6-9)14-13-8-10-3-4-11(13)7-10/h9-14H,2-8H2,1H3. The van der Waals surface area contributed by atoms with Gasteiger partial charge in [0.1, 0.15) is 0 Å². The second kappa shape index (κ2) is 3.52.